The van der Waals surface area contributed by atoms with Crippen LogP contribution in [0.3, 0.4) is 0 Å². The lowest BCUT2D eigenvalue weighted by molar-refractivity contribution is 0.0947. The molecule has 0 bridgehead atoms. The summed E-state index contributed by atoms with van der Waals surface area (Å²) in [7, 11) is 0. The number of rotatable bonds is 3. The maximum absolute atomic E-state index is 13.1. The zero-order valence-electron chi connectivity index (χ0n) is 9.92. The third-order valence-electron chi connectivity index (χ3n) is 3.16. The number of halogens is 1. The summed E-state index contributed by atoms with van der Waals surface area (Å²) in [6.45, 7) is 4.43. The van der Waals surface area contributed by atoms with Gasteiger partial charge >= 0.3 is 0 Å². The van der Waals surface area contributed by atoms with Crippen LogP contribution in [0.4, 0.5) is 4.39 Å². The smallest absolute Gasteiger partial charge is 0.251 e. The van der Waals surface area contributed by atoms with Crippen molar-refractivity contribution in [1.29, 1.82) is 0 Å². The fraction of sp³-hybridized carbons (Fsp3) is 0.462. The fourth-order valence-corrected chi connectivity index (χ4v) is 2.06. The predicted octanol–water partition coefficient (Wildman–Crippen LogP) is 1.47. The van der Waals surface area contributed by atoms with Crippen molar-refractivity contribution in [2.45, 2.75) is 13.3 Å². The van der Waals surface area contributed by atoms with Gasteiger partial charge in [-0.15, -0.1) is 0 Å². The topological polar surface area (TPSA) is 41.1 Å². The highest BCUT2D eigenvalue weighted by Crippen LogP contribution is 2.11. The van der Waals surface area contributed by atoms with Gasteiger partial charge in [-0.3, -0.25) is 4.79 Å². The molecular weight excluding hydrogens is 219 g/mol. The molecule has 4 heteroatoms. The summed E-state index contributed by atoms with van der Waals surface area (Å²) in [6.07, 6.45) is 1.09. The van der Waals surface area contributed by atoms with Crippen molar-refractivity contribution in [3.05, 3.63) is 35.1 Å². The SMILES string of the molecule is Cc1ccc(F)cc1C(=O)NCC1CCNC1. The summed E-state index contributed by atoms with van der Waals surface area (Å²) < 4.78 is 13.1. The molecule has 92 valence electrons. The molecule has 0 aliphatic carbocycles. The van der Waals surface area contributed by atoms with Crippen molar-refractivity contribution in [3.8, 4) is 0 Å². The highest BCUT2D eigenvalue weighted by atomic mass is 19.1. The number of hydrogen-bond acceptors (Lipinski definition) is 2. The van der Waals surface area contributed by atoms with Crippen molar-refractivity contribution in [1.82, 2.24) is 10.6 Å². The molecule has 1 saturated heterocycles. The molecule has 2 rings (SSSR count). The van der Waals surface area contributed by atoms with E-state index in [0.717, 1.165) is 25.1 Å². The Kier molecular flexibility index (Phi) is 3.74. The molecule has 1 aromatic rings. The fourth-order valence-electron chi connectivity index (χ4n) is 2.06. The Bertz CT molecular complexity index is 414. The maximum atomic E-state index is 13.1. The first-order chi connectivity index (χ1) is 8.16. The Hall–Kier alpha value is -1.42. The first-order valence-corrected chi connectivity index (χ1v) is 5.92. The van der Waals surface area contributed by atoms with Gasteiger partial charge in [-0.25, -0.2) is 4.39 Å². The standard InChI is InChI=1S/C13H17FN2O/c1-9-2-3-11(14)6-12(9)13(17)16-8-10-4-5-15-7-10/h2-3,6,10,15H,4-5,7-8H2,1H3,(H,16,17). The summed E-state index contributed by atoms with van der Waals surface area (Å²) in [5.41, 5.74) is 1.23. The average molecular weight is 236 g/mol. The molecule has 17 heavy (non-hydrogen) atoms. The highest BCUT2D eigenvalue weighted by molar-refractivity contribution is 5.95. The van der Waals surface area contributed by atoms with E-state index in [2.05, 4.69) is 10.6 Å². The molecular formula is C13H17FN2O. The number of carbonyl (C=O) groups is 1. The highest BCUT2D eigenvalue weighted by Gasteiger charge is 2.16. The Labute approximate surface area is 100 Å². The molecule has 1 aliphatic heterocycles. The summed E-state index contributed by atoms with van der Waals surface area (Å²) in [4.78, 5) is 11.9. The minimum absolute atomic E-state index is 0.186. The van der Waals surface area contributed by atoms with E-state index in [4.69, 9.17) is 0 Å². The van der Waals surface area contributed by atoms with Crippen LogP contribution in [0.15, 0.2) is 18.2 Å². The summed E-state index contributed by atoms with van der Waals surface area (Å²) in [6, 6.07) is 4.28. The van der Waals surface area contributed by atoms with Crippen LogP contribution in [-0.4, -0.2) is 25.5 Å². The Balaban J connectivity index is 1.96. The zero-order chi connectivity index (χ0) is 12.3. The monoisotopic (exact) mass is 236 g/mol. The molecule has 1 aromatic carbocycles. The zero-order valence-corrected chi connectivity index (χ0v) is 9.92. The van der Waals surface area contributed by atoms with E-state index in [1.807, 2.05) is 6.92 Å². The molecule has 0 radical (unpaired) electrons. The van der Waals surface area contributed by atoms with Crippen LogP contribution < -0.4 is 10.6 Å². The van der Waals surface area contributed by atoms with Gasteiger partial charge < -0.3 is 10.6 Å². The van der Waals surface area contributed by atoms with E-state index in [1.165, 1.54) is 12.1 Å². The molecule has 1 amide bonds. The second-order valence-corrected chi connectivity index (χ2v) is 4.53. The first-order valence-electron chi connectivity index (χ1n) is 5.92. The van der Waals surface area contributed by atoms with Gasteiger partial charge in [-0.1, -0.05) is 6.07 Å². The lowest BCUT2D eigenvalue weighted by atomic mass is 10.1. The van der Waals surface area contributed by atoms with Crippen molar-refractivity contribution in [2.24, 2.45) is 5.92 Å². The van der Waals surface area contributed by atoms with Crippen molar-refractivity contribution >= 4 is 5.91 Å². The molecule has 0 aromatic heterocycles. The molecule has 1 fully saturated rings. The van der Waals surface area contributed by atoms with E-state index >= 15 is 0 Å². The third kappa shape index (κ3) is 3.03. The Morgan fingerprint density at radius 3 is 3.12 bits per heavy atom. The maximum Gasteiger partial charge on any atom is 0.251 e. The van der Waals surface area contributed by atoms with Gasteiger partial charge in [-0.05, 0) is 50.0 Å². The van der Waals surface area contributed by atoms with Crippen molar-refractivity contribution in [3.63, 3.8) is 0 Å². The van der Waals surface area contributed by atoms with Crippen LogP contribution in [0.5, 0.6) is 0 Å². The Morgan fingerprint density at radius 2 is 2.41 bits per heavy atom. The van der Waals surface area contributed by atoms with E-state index in [0.29, 0.717) is 18.0 Å². The van der Waals surface area contributed by atoms with Gasteiger partial charge in [0.1, 0.15) is 5.82 Å². The quantitative estimate of drug-likeness (QED) is 0.834. The van der Waals surface area contributed by atoms with E-state index in [1.54, 1.807) is 6.07 Å². The van der Waals surface area contributed by atoms with Gasteiger partial charge in [0.05, 0.1) is 0 Å². The third-order valence-corrected chi connectivity index (χ3v) is 3.16. The number of aryl methyl sites for hydroxylation is 1. The average Bonchev–Trinajstić information content (AvgIpc) is 2.82. The van der Waals surface area contributed by atoms with Crippen LogP contribution in [0.1, 0.15) is 22.3 Å². The van der Waals surface area contributed by atoms with E-state index < -0.39 is 0 Å². The van der Waals surface area contributed by atoms with E-state index in [9.17, 15) is 9.18 Å². The van der Waals surface area contributed by atoms with Gasteiger partial charge in [0.15, 0.2) is 0 Å². The predicted molar refractivity (Wildman–Crippen MR) is 64.4 cm³/mol. The molecule has 0 spiro atoms. The second-order valence-electron chi connectivity index (χ2n) is 4.53. The lowest BCUT2D eigenvalue weighted by Gasteiger charge is -2.11. The number of nitrogens with one attached hydrogen (secondary N) is 2. The normalized spacial score (nSPS) is 19.3. The van der Waals surface area contributed by atoms with Gasteiger partial charge in [0, 0.05) is 12.1 Å². The largest absolute Gasteiger partial charge is 0.352 e. The second kappa shape index (κ2) is 5.27. The number of benzene rings is 1. The molecule has 2 N–H and O–H groups in total. The van der Waals surface area contributed by atoms with Crippen LogP contribution in [-0.2, 0) is 0 Å². The minimum atomic E-state index is -0.372. The summed E-state index contributed by atoms with van der Waals surface area (Å²) in [5.74, 6) is -0.0648. The van der Waals surface area contributed by atoms with Gasteiger partial charge in [-0.2, -0.15) is 0 Å². The van der Waals surface area contributed by atoms with Crippen LogP contribution in [0.25, 0.3) is 0 Å². The Morgan fingerprint density at radius 1 is 1.59 bits per heavy atom. The molecule has 1 aliphatic rings. The number of amides is 1. The van der Waals surface area contributed by atoms with Gasteiger partial charge in [0.2, 0.25) is 0 Å². The van der Waals surface area contributed by atoms with Crippen molar-refractivity contribution in [2.75, 3.05) is 19.6 Å². The summed E-state index contributed by atoms with van der Waals surface area (Å²) >= 11 is 0. The first kappa shape index (κ1) is 12.0. The number of carbonyl (C=O) groups excluding carboxylic acids is 1. The minimum Gasteiger partial charge on any atom is -0.352 e. The van der Waals surface area contributed by atoms with Crippen LogP contribution in [0, 0.1) is 18.7 Å². The van der Waals surface area contributed by atoms with Crippen molar-refractivity contribution < 1.29 is 9.18 Å². The molecule has 1 heterocycles. The summed E-state index contributed by atoms with van der Waals surface area (Å²) in [5, 5.41) is 6.11. The molecule has 1 atom stereocenters. The van der Waals surface area contributed by atoms with Crippen LogP contribution >= 0.6 is 0 Å². The lowest BCUT2D eigenvalue weighted by Crippen LogP contribution is -2.30. The molecule has 0 saturated carbocycles. The molecule has 3 nitrogen and oxygen atoms in total. The van der Waals surface area contributed by atoms with Crippen LogP contribution in [0.2, 0.25) is 0 Å². The molecule has 1 unspecified atom stereocenters. The number of hydrogen-bond donors (Lipinski definition) is 2. The van der Waals surface area contributed by atoms with E-state index in [-0.39, 0.29) is 11.7 Å². The van der Waals surface area contributed by atoms with Gasteiger partial charge in [0.25, 0.3) is 5.91 Å².